The van der Waals surface area contributed by atoms with Gasteiger partial charge in [-0.1, -0.05) is 20.4 Å². The zero-order valence-corrected chi connectivity index (χ0v) is 19.2. The van der Waals surface area contributed by atoms with Gasteiger partial charge in [-0.25, -0.2) is 9.59 Å². The van der Waals surface area contributed by atoms with Gasteiger partial charge in [0, 0.05) is 36.5 Å². The van der Waals surface area contributed by atoms with E-state index < -0.39 is 12.1 Å². The van der Waals surface area contributed by atoms with Crippen LogP contribution in [-0.2, 0) is 19.1 Å². The van der Waals surface area contributed by atoms with Crippen molar-refractivity contribution in [1.29, 1.82) is 0 Å². The summed E-state index contributed by atoms with van der Waals surface area (Å²) in [6, 6.07) is 0.163. The fourth-order valence-corrected chi connectivity index (χ4v) is 4.14. The molecule has 1 saturated heterocycles. The number of esters is 1. The van der Waals surface area contributed by atoms with Crippen LogP contribution < -0.4 is 5.32 Å². The van der Waals surface area contributed by atoms with E-state index in [1.54, 1.807) is 6.92 Å². The van der Waals surface area contributed by atoms with Crippen LogP contribution in [0.4, 0.5) is 4.79 Å². The third kappa shape index (κ3) is 7.25. The normalized spacial score (nSPS) is 17.4. The van der Waals surface area contributed by atoms with Crippen LogP contribution in [-0.4, -0.2) is 85.6 Å². The van der Waals surface area contributed by atoms with Crippen molar-refractivity contribution in [2.24, 2.45) is 10.4 Å². The highest BCUT2D eigenvalue weighted by atomic mass is 16.6. The second kappa shape index (κ2) is 11.2. The van der Waals surface area contributed by atoms with Crippen molar-refractivity contribution in [3.63, 3.8) is 0 Å². The van der Waals surface area contributed by atoms with Crippen molar-refractivity contribution < 1.29 is 23.9 Å². The van der Waals surface area contributed by atoms with Gasteiger partial charge in [-0.3, -0.25) is 9.79 Å². The lowest BCUT2D eigenvalue weighted by Crippen LogP contribution is -2.45. The molecule has 0 aromatic rings. The second-order valence-electron chi connectivity index (χ2n) is 8.80. The molecule has 0 bridgehead atoms. The minimum Gasteiger partial charge on any atom is -0.460 e. The van der Waals surface area contributed by atoms with Crippen LogP contribution in [0.5, 0.6) is 0 Å². The first-order valence-corrected chi connectivity index (χ1v) is 10.9. The molecular weight excluding hydrogens is 400 g/mol. The molecule has 0 spiro atoms. The molecule has 1 unspecified atom stereocenters. The summed E-state index contributed by atoms with van der Waals surface area (Å²) in [6.45, 7) is 14.8. The first-order chi connectivity index (χ1) is 14.6. The van der Waals surface area contributed by atoms with Crippen LogP contribution in [0.15, 0.2) is 17.1 Å². The molecule has 9 heteroatoms. The lowest BCUT2D eigenvalue weighted by molar-refractivity contribution is -0.138. The molecule has 1 fully saturated rings. The Morgan fingerprint density at radius 3 is 2.65 bits per heavy atom. The number of nitrogens with one attached hydrogen (secondary N) is 1. The zero-order valence-electron chi connectivity index (χ0n) is 19.2. The van der Waals surface area contributed by atoms with Gasteiger partial charge < -0.3 is 24.6 Å². The Morgan fingerprint density at radius 1 is 1.26 bits per heavy atom. The van der Waals surface area contributed by atoms with Crippen molar-refractivity contribution in [3.05, 3.63) is 12.2 Å². The molecule has 2 aliphatic heterocycles. The number of amides is 2. The highest BCUT2D eigenvalue weighted by molar-refractivity contribution is 5.89. The standard InChI is InChI=1S/C22H36N4O5/c1-16(2)19(28)30-13-9-24-21(29)31-14-12-25-11-8-23-20(25)22(4,5)15-17(3)26-10-6-7-18(26)27/h17H,1,6-15H2,2-5H3,(H,24,29). The number of likely N-dealkylation sites (tertiary alicyclic amines) is 1. The van der Waals surface area contributed by atoms with Crippen LogP contribution in [0.25, 0.3) is 0 Å². The predicted octanol–water partition coefficient (Wildman–Crippen LogP) is 1.97. The predicted molar refractivity (Wildman–Crippen MR) is 118 cm³/mol. The fraction of sp³-hybridized carbons (Fsp3) is 0.727. The molecule has 0 aromatic carbocycles. The lowest BCUT2D eigenvalue weighted by Gasteiger charge is -2.36. The molecule has 1 atom stereocenters. The summed E-state index contributed by atoms with van der Waals surface area (Å²) < 4.78 is 10.1. The maximum atomic E-state index is 12.1. The Bertz CT molecular complexity index is 719. The van der Waals surface area contributed by atoms with E-state index in [2.05, 4.69) is 37.6 Å². The van der Waals surface area contributed by atoms with Gasteiger partial charge in [-0.05, 0) is 26.7 Å². The highest BCUT2D eigenvalue weighted by Crippen LogP contribution is 2.31. The smallest absolute Gasteiger partial charge is 0.407 e. The molecule has 2 rings (SSSR count). The van der Waals surface area contributed by atoms with Crippen molar-refractivity contribution in [2.75, 3.05) is 45.9 Å². The van der Waals surface area contributed by atoms with Gasteiger partial charge in [0.05, 0.1) is 19.6 Å². The van der Waals surface area contributed by atoms with Crippen LogP contribution in [0, 0.1) is 5.41 Å². The zero-order chi connectivity index (χ0) is 23.0. The Hall–Kier alpha value is -2.58. The van der Waals surface area contributed by atoms with Crippen molar-refractivity contribution in [1.82, 2.24) is 15.1 Å². The minimum atomic E-state index is -0.551. The van der Waals surface area contributed by atoms with Gasteiger partial charge in [0.1, 0.15) is 19.0 Å². The highest BCUT2D eigenvalue weighted by Gasteiger charge is 2.36. The summed E-state index contributed by atoms with van der Waals surface area (Å²) >= 11 is 0. The van der Waals surface area contributed by atoms with Gasteiger partial charge in [0.25, 0.3) is 0 Å². The van der Waals surface area contributed by atoms with Crippen molar-refractivity contribution in [2.45, 2.75) is 53.0 Å². The summed E-state index contributed by atoms with van der Waals surface area (Å²) in [4.78, 5) is 44.0. The molecule has 0 saturated carbocycles. The first kappa shape index (κ1) is 24.7. The Balaban J connectivity index is 1.72. The van der Waals surface area contributed by atoms with E-state index in [4.69, 9.17) is 14.5 Å². The molecule has 2 aliphatic rings. The number of hydrogen-bond acceptors (Lipinski definition) is 7. The van der Waals surface area contributed by atoms with E-state index in [1.807, 2.05) is 4.90 Å². The number of hydrogen-bond donors (Lipinski definition) is 1. The number of carbonyl (C=O) groups excluding carboxylic acids is 3. The lowest BCUT2D eigenvalue weighted by atomic mass is 9.83. The summed E-state index contributed by atoms with van der Waals surface area (Å²) in [5.74, 6) is 0.756. The van der Waals surface area contributed by atoms with E-state index in [0.29, 0.717) is 18.5 Å². The number of ether oxygens (including phenoxy) is 2. The second-order valence-corrected chi connectivity index (χ2v) is 8.80. The van der Waals surface area contributed by atoms with Gasteiger partial charge in [-0.2, -0.15) is 0 Å². The molecule has 174 valence electrons. The quantitative estimate of drug-likeness (QED) is 0.302. The Labute approximate surface area is 184 Å². The van der Waals surface area contributed by atoms with Crippen LogP contribution >= 0.6 is 0 Å². The summed E-state index contributed by atoms with van der Waals surface area (Å²) in [5.41, 5.74) is 0.129. The molecule has 0 aromatic heterocycles. The molecular formula is C22H36N4O5. The van der Waals surface area contributed by atoms with Gasteiger partial charge in [0.15, 0.2) is 0 Å². The first-order valence-electron chi connectivity index (χ1n) is 10.9. The number of alkyl carbamates (subject to hydrolysis) is 1. The number of nitrogens with zero attached hydrogens (tertiary/aromatic N) is 3. The Morgan fingerprint density at radius 2 is 2.00 bits per heavy atom. The van der Waals surface area contributed by atoms with Crippen molar-refractivity contribution >= 4 is 23.8 Å². The molecule has 0 aliphatic carbocycles. The molecule has 2 amide bonds. The van der Waals surface area contributed by atoms with E-state index in [-0.39, 0.29) is 37.1 Å². The van der Waals surface area contributed by atoms with E-state index in [9.17, 15) is 14.4 Å². The maximum absolute atomic E-state index is 12.1. The summed E-state index contributed by atoms with van der Waals surface area (Å²) in [7, 11) is 0. The van der Waals surface area contributed by atoms with E-state index >= 15 is 0 Å². The number of amidine groups is 1. The average molecular weight is 437 g/mol. The van der Waals surface area contributed by atoms with Gasteiger partial charge in [0.2, 0.25) is 5.91 Å². The monoisotopic (exact) mass is 436 g/mol. The average Bonchev–Trinajstić information content (AvgIpc) is 3.34. The molecule has 31 heavy (non-hydrogen) atoms. The third-order valence-electron chi connectivity index (χ3n) is 5.53. The number of rotatable bonds is 11. The fourth-order valence-electron chi connectivity index (χ4n) is 4.14. The van der Waals surface area contributed by atoms with Crippen molar-refractivity contribution in [3.8, 4) is 0 Å². The molecule has 2 heterocycles. The summed E-state index contributed by atoms with van der Waals surface area (Å²) in [6.07, 6.45) is 1.86. The molecule has 1 N–H and O–H groups in total. The number of carbonyl (C=O) groups is 3. The van der Waals surface area contributed by atoms with Crippen LogP contribution in [0.2, 0.25) is 0 Å². The minimum absolute atomic E-state index is 0.0651. The van der Waals surface area contributed by atoms with E-state index in [0.717, 1.165) is 38.3 Å². The molecule has 9 nitrogen and oxygen atoms in total. The number of aliphatic imine (C=N–C) groups is 1. The topological polar surface area (TPSA) is 101 Å². The molecule has 0 radical (unpaired) electrons. The summed E-state index contributed by atoms with van der Waals surface area (Å²) in [5, 5.41) is 2.55. The van der Waals surface area contributed by atoms with Crippen LogP contribution in [0.3, 0.4) is 0 Å². The van der Waals surface area contributed by atoms with Crippen LogP contribution in [0.1, 0.15) is 47.0 Å². The Kier molecular flexibility index (Phi) is 8.88. The van der Waals surface area contributed by atoms with Gasteiger partial charge in [-0.15, -0.1) is 0 Å². The maximum Gasteiger partial charge on any atom is 0.407 e. The largest absolute Gasteiger partial charge is 0.460 e. The van der Waals surface area contributed by atoms with Gasteiger partial charge >= 0.3 is 12.1 Å². The SMILES string of the molecule is C=C(C)C(=O)OCCNC(=O)OCCN1CCN=C1C(C)(C)CC(C)N1CCCC1=O. The van der Waals surface area contributed by atoms with E-state index in [1.165, 1.54) is 0 Å². The third-order valence-corrected chi connectivity index (χ3v) is 5.53.